The first kappa shape index (κ1) is 15.7. The Morgan fingerprint density at radius 2 is 2.05 bits per heavy atom. The minimum atomic E-state index is -3.27. The van der Waals surface area contributed by atoms with Crippen molar-refractivity contribution in [2.45, 2.75) is 0 Å². The van der Waals surface area contributed by atoms with Crippen LogP contribution in [0.2, 0.25) is 5.02 Å². The first-order valence-electron chi connectivity index (χ1n) is 5.41. The summed E-state index contributed by atoms with van der Waals surface area (Å²) >= 11 is 5.90. The zero-order chi connectivity index (χ0) is 14.6. The normalized spacial score (nSPS) is 11.6. The van der Waals surface area contributed by atoms with Crippen LogP contribution in [0.4, 0.5) is 5.69 Å². The minimum Gasteiger partial charge on any atom is -0.478 e. The minimum absolute atomic E-state index is 0.0724. The van der Waals surface area contributed by atoms with Gasteiger partial charge >= 0.3 is 5.97 Å². The topological polar surface area (TPSA) is 86.7 Å². The monoisotopic (exact) mass is 306 g/mol. The maximum absolute atomic E-state index is 11.5. The second-order valence-electron chi connectivity index (χ2n) is 4.02. The molecule has 0 amide bonds. The Morgan fingerprint density at radius 1 is 1.42 bits per heavy atom. The fourth-order valence-electron chi connectivity index (χ4n) is 1.29. The number of nitrogens with one attached hydrogen (secondary N) is 1. The van der Waals surface area contributed by atoms with E-state index in [1.165, 1.54) is 32.3 Å². The molecule has 0 saturated carbocycles. The van der Waals surface area contributed by atoms with Gasteiger partial charge in [-0.25, -0.2) is 17.5 Å². The predicted molar refractivity (Wildman–Crippen MR) is 74.4 cm³/mol. The van der Waals surface area contributed by atoms with Gasteiger partial charge in [-0.2, -0.15) is 0 Å². The lowest BCUT2D eigenvalue weighted by Gasteiger charge is -2.13. The number of hydrogen-bond acceptors (Lipinski definition) is 4. The number of aromatic carboxylic acids is 1. The van der Waals surface area contributed by atoms with Crippen LogP contribution in [-0.4, -0.2) is 50.2 Å². The zero-order valence-electron chi connectivity index (χ0n) is 10.6. The first-order chi connectivity index (χ1) is 8.74. The summed E-state index contributed by atoms with van der Waals surface area (Å²) in [6.45, 7) is 0.187. The van der Waals surface area contributed by atoms with Gasteiger partial charge in [-0.15, -0.1) is 0 Å². The Morgan fingerprint density at radius 3 is 2.53 bits per heavy atom. The van der Waals surface area contributed by atoms with Crippen LogP contribution in [0.3, 0.4) is 0 Å². The van der Waals surface area contributed by atoms with E-state index in [1.54, 1.807) is 0 Å². The summed E-state index contributed by atoms with van der Waals surface area (Å²) in [7, 11) is -0.345. The molecular weight excluding hydrogens is 292 g/mol. The second-order valence-corrected chi connectivity index (χ2v) is 6.73. The number of benzene rings is 1. The van der Waals surface area contributed by atoms with Crippen LogP contribution in [0, 0.1) is 0 Å². The van der Waals surface area contributed by atoms with Crippen LogP contribution in [0.15, 0.2) is 18.2 Å². The second kappa shape index (κ2) is 6.23. The van der Waals surface area contributed by atoms with E-state index < -0.39 is 16.0 Å². The van der Waals surface area contributed by atoms with E-state index in [4.69, 9.17) is 16.7 Å². The molecule has 0 fully saturated rings. The third-order valence-electron chi connectivity index (χ3n) is 2.45. The van der Waals surface area contributed by atoms with Gasteiger partial charge in [0.2, 0.25) is 10.0 Å². The molecule has 106 valence electrons. The number of rotatable bonds is 6. The molecule has 0 aliphatic heterocycles. The molecule has 0 heterocycles. The van der Waals surface area contributed by atoms with Gasteiger partial charge in [-0.3, -0.25) is 0 Å². The fraction of sp³-hybridized carbons (Fsp3) is 0.364. The summed E-state index contributed by atoms with van der Waals surface area (Å²) < 4.78 is 24.2. The summed E-state index contributed by atoms with van der Waals surface area (Å²) in [6.07, 6.45) is 0. The highest BCUT2D eigenvalue weighted by Gasteiger charge is 2.13. The van der Waals surface area contributed by atoms with E-state index in [0.29, 0.717) is 5.69 Å². The third kappa shape index (κ3) is 4.38. The summed E-state index contributed by atoms with van der Waals surface area (Å²) in [6, 6.07) is 4.22. The third-order valence-corrected chi connectivity index (χ3v) is 4.59. The van der Waals surface area contributed by atoms with Crippen molar-refractivity contribution >= 4 is 33.3 Å². The van der Waals surface area contributed by atoms with Crippen molar-refractivity contribution in [2.24, 2.45) is 0 Å². The number of carboxylic acids is 1. The van der Waals surface area contributed by atoms with Crippen molar-refractivity contribution in [1.29, 1.82) is 0 Å². The average Bonchev–Trinajstić information content (AvgIpc) is 2.30. The highest BCUT2D eigenvalue weighted by Crippen LogP contribution is 2.22. The molecule has 0 atom stereocenters. The van der Waals surface area contributed by atoms with Crippen molar-refractivity contribution in [2.75, 3.05) is 31.7 Å². The molecule has 1 aromatic carbocycles. The van der Waals surface area contributed by atoms with Gasteiger partial charge in [0.15, 0.2) is 0 Å². The Labute approximate surface area is 117 Å². The first-order valence-corrected chi connectivity index (χ1v) is 7.39. The van der Waals surface area contributed by atoms with Gasteiger partial charge in [0, 0.05) is 20.6 Å². The summed E-state index contributed by atoms with van der Waals surface area (Å²) in [5.41, 5.74) is 0.581. The Balaban J connectivity index is 2.67. The number of carboxylic acid groups (broad SMARTS) is 1. The molecule has 0 bridgehead atoms. The smallest absolute Gasteiger partial charge is 0.335 e. The molecule has 8 heteroatoms. The molecular formula is C11H15ClN2O4S. The summed E-state index contributed by atoms with van der Waals surface area (Å²) in [4.78, 5) is 10.7. The molecule has 6 nitrogen and oxygen atoms in total. The largest absolute Gasteiger partial charge is 0.478 e. The summed E-state index contributed by atoms with van der Waals surface area (Å²) in [5.74, 6) is -1.14. The molecule has 1 aromatic rings. The van der Waals surface area contributed by atoms with E-state index in [2.05, 4.69) is 5.32 Å². The van der Waals surface area contributed by atoms with Crippen LogP contribution in [0.5, 0.6) is 0 Å². The van der Waals surface area contributed by atoms with Crippen molar-refractivity contribution in [3.05, 3.63) is 28.8 Å². The highest BCUT2D eigenvalue weighted by atomic mass is 35.5. The van der Waals surface area contributed by atoms with Crippen LogP contribution >= 0.6 is 11.6 Å². The molecule has 2 N–H and O–H groups in total. The number of nitrogens with zero attached hydrogens (tertiary/aromatic N) is 1. The maximum Gasteiger partial charge on any atom is 0.335 e. The van der Waals surface area contributed by atoms with Crippen LogP contribution in [0.25, 0.3) is 0 Å². The molecule has 0 spiro atoms. The predicted octanol–water partition coefficient (Wildman–Crippen LogP) is 1.34. The molecule has 0 aliphatic rings. The number of sulfonamides is 1. The molecule has 19 heavy (non-hydrogen) atoms. The Hall–Kier alpha value is -1.31. The molecule has 1 rings (SSSR count). The standard InChI is InChI=1S/C11H15ClN2O4S/c1-14(2)19(17,18)6-5-13-10-4-3-8(11(15)16)7-9(10)12/h3-4,7,13H,5-6H2,1-2H3,(H,15,16). The van der Waals surface area contributed by atoms with E-state index >= 15 is 0 Å². The van der Waals surface area contributed by atoms with Gasteiger partial charge in [-0.1, -0.05) is 11.6 Å². The van der Waals surface area contributed by atoms with Gasteiger partial charge in [-0.05, 0) is 18.2 Å². The van der Waals surface area contributed by atoms with E-state index in [1.807, 2.05) is 0 Å². The zero-order valence-corrected chi connectivity index (χ0v) is 12.1. The van der Waals surface area contributed by atoms with E-state index in [0.717, 1.165) is 4.31 Å². The van der Waals surface area contributed by atoms with Crippen molar-refractivity contribution < 1.29 is 18.3 Å². The number of carbonyl (C=O) groups is 1. The highest BCUT2D eigenvalue weighted by molar-refractivity contribution is 7.89. The quantitative estimate of drug-likeness (QED) is 0.828. The maximum atomic E-state index is 11.5. The lowest BCUT2D eigenvalue weighted by molar-refractivity contribution is 0.0697. The molecule has 0 unspecified atom stereocenters. The van der Waals surface area contributed by atoms with Crippen LogP contribution < -0.4 is 5.32 Å². The Bertz CT molecular complexity index is 572. The number of hydrogen-bond donors (Lipinski definition) is 2. The number of halogens is 1. The van der Waals surface area contributed by atoms with E-state index in [9.17, 15) is 13.2 Å². The van der Waals surface area contributed by atoms with Gasteiger partial charge < -0.3 is 10.4 Å². The van der Waals surface area contributed by atoms with Gasteiger partial charge in [0.1, 0.15) is 0 Å². The number of anilines is 1. The van der Waals surface area contributed by atoms with Crippen molar-refractivity contribution in [3.63, 3.8) is 0 Å². The van der Waals surface area contributed by atoms with E-state index in [-0.39, 0.29) is 22.9 Å². The van der Waals surface area contributed by atoms with Gasteiger partial charge in [0.25, 0.3) is 0 Å². The average molecular weight is 307 g/mol. The molecule has 0 radical (unpaired) electrons. The van der Waals surface area contributed by atoms with Gasteiger partial charge in [0.05, 0.1) is 22.0 Å². The molecule has 0 aliphatic carbocycles. The van der Waals surface area contributed by atoms with Crippen molar-refractivity contribution in [1.82, 2.24) is 4.31 Å². The van der Waals surface area contributed by atoms with Crippen molar-refractivity contribution in [3.8, 4) is 0 Å². The van der Waals surface area contributed by atoms with Crippen LogP contribution in [0.1, 0.15) is 10.4 Å². The fourth-order valence-corrected chi connectivity index (χ4v) is 2.26. The van der Waals surface area contributed by atoms with Crippen LogP contribution in [-0.2, 0) is 10.0 Å². The lowest BCUT2D eigenvalue weighted by atomic mass is 10.2. The summed E-state index contributed by atoms with van der Waals surface area (Å²) in [5, 5.41) is 11.9. The SMILES string of the molecule is CN(C)S(=O)(=O)CCNc1ccc(C(=O)O)cc1Cl. The molecule has 0 saturated heterocycles. The Kier molecular flexibility index (Phi) is 5.16. The lowest BCUT2D eigenvalue weighted by Crippen LogP contribution is -2.28. The molecule has 0 aromatic heterocycles.